The highest BCUT2D eigenvalue weighted by molar-refractivity contribution is 5.98. The van der Waals surface area contributed by atoms with Crippen LogP contribution in [0.2, 0.25) is 0 Å². The molecule has 0 amide bonds. The molecule has 2 N–H and O–H groups in total. The van der Waals surface area contributed by atoms with Gasteiger partial charge in [0.1, 0.15) is 0 Å². The molecule has 0 radical (unpaired) electrons. The van der Waals surface area contributed by atoms with Crippen LogP contribution in [0.25, 0.3) is 0 Å². The minimum atomic E-state index is 0.593. The van der Waals surface area contributed by atoms with Gasteiger partial charge in [-0.25, -0.2) is 0 Å². The zero-order valence-corrected chi connectivity index (χ0v) is 9.52. The van der Waals surface area contributed by atoms with Crippen molar-refractivity contribution < 1.29 is 0 Å². The maximum absolute atomic E-state index is 7.50. The lowest BCUT2D eigenvalue weighted by Crippen LogP contribution is -2.09. The van der Waals surface area contributed by atoms with E-state index in [1.165, 1.54) is 0 Å². The van der Waals surface area contributed by atoms with Crippen LogP contribution < -0.4 is 5.32 Å². The molecule has 0 unspecified atom stereocenters. The highest BCUT2D eigenvalue weighted by Gasteiger charge is 1.93. The van der Waals surface area contributed by atoms with Gasteiger partial charge in [-0.05, 0) is 39.3 Å². The van der Waals surface area contributed by atoms with Gasteiger partial charge < -0.3 is 10.7 Å². The van der Waals surface area contributed by atoms with E-state index in [4.69, 9.17) is 5.41 Å². The Kier molecular flexibility index (Phi) is 6.46. The average molecular weight is 192 g/mol. The van der Waals surface area contributed by atoms with Crippen molar-refractivity contribution in [2.24, 2.45) is 0 Å². The van der Waals surface area contributed by atoms with Crippen LogP contribution in [0.3, 0.4) is 0 Å². The summed E-state index contributed by atoms with van der Waals surface area (Å²) in [5, 5.41) is 10.7. The van der Waals surface area contributed by atoms with Crippen LogP contribution in [0.4, 0.5) is 0 Å². The Morgan fingerprint density at radius 3 is 2.21 bits per heavy atom. The third-order valence-corrected chi connectivity index (χ3v) is 1.88. The minimum absolute atomic E-state index is 0.593. The van der Waals surface area contributed by atoms with Gasteiger partial charge in [-0.3, -0.25) is 0 Å². The summed E-state index contributed by atoms with van der Waals surface area (Å²) in [5.74, 6) is 0. The van der Waals surface area contributed by atoms with Crippen molar-refractivity contribution in [3.8, 4) is 0 Å². The van der Waals surface area contributed by atoms with Crippen LogP contribution >= 0.6 is 0 Å². The second kappa shape index (κ2) is 7.13. The van der Waals surface area contributed by atoms with Crippen molar-refractivity contribution in [2.45, 2.75) is 27.7 Å². The first-order valence-electron chi connectivity index (χ1n) is 4.95. The number of nitrogens with one attached hydrogen (secondary N) is 2. The molecule has 0 aliphatic carbocycles. The molecular formula is C12H20N2. The minimum Gasteiger partial charge on any atom is -0.386 e. The maximum Gasteiger partial charge on any atom is 0.0351 e. The topological polar surface area (TPSA) is 35.9 Å². The van der Waals surface area contributed by atoms with E-state index in [-0.39, 0.29) is 0 Å². The Balaban J connectivity index is 4.48. The zero-order valence-electron chi connectivity index (χ0n) is 9.52. The summed E-state index contributed by atoms with van der Waals surface area (Å²) in [5.41, 5.74) is 2.64. The van der Waals surface area contributed by atoms with Crippen molar-refractivity contribution >= 4 is 5.71 Å². The quantitative estimate of drug-likeness (QED) is 0.509. The fraction of sp³-hybridized carbons (Fsp3) is 0.417. The van der Waals surface area contributed by atoms with Crippen LogP contribution in [0.15, 0.2) is 35.6 Å². The molecule has 0 spiro atoms. The summed E-state index contributed by atoms with van der Waals surface area (Å²) < 4.78 is 0. The maximum atomic E-state index is 7.50. The van der Waals surface area contributed by atoms with E-state index in [0.717, 1.165) is 17.8 Å². The molecule has 14 heavy (non-hydrogen) atoms. The number of rotatable bonds is 5. The van der Waals surface area contributed by atoms with E-state index in [2.05, 4.69) is 12.2 Å². The Bertz CT molecular complexity index is 270. The highest BCUT2D eigenvalue weighted by atomic mass is 14.9. The molecule has 0 saturated carbocycles. The number of likely N-dealkylation sites (N-methyl/N-ethyl adjacent to an activating group) is 1. The molecule has 0 aliphatic heterocycles. The lowest BCUT2D eigenvalue weighted by atomic mass is 10.1. The molecule has 0 aliphatic rings. The Hall–Kier alpha value is -1.31. The van der Waals surface area contributed by atoms with Crippen molar-refractivity contribution in [3.63, 3.8) is 0 Å². The molecule has 0 aromatic rings. The number of hydrogen-bond donors (Lipinski definition) is 2. The summed E-state index contributed by atoms with van der Waals surface area (Å²) in [6.45, 7) is 8.71. The smallest absolute Gasteiger partial charge is 0.0351 e. The van der Waals surface area contributed by atoms with Gasteiger partial charge in [-0.15, -0.1) is 0 Å². The molecule has 0 rings (SSSR count). The van der Waals surface area contributed by atoms with E-state index in [1.54, 1.807) is 6.92 Å². The van der Waals surface area contributed by atoms with Gasteiger partial charge in [-0.2, -0.15) is 0 Å². The lowest BCUT2D eigenvalue weighted by molar-refractivity contribution is 0.876. The molecule has 0 saturated heterocycles. The molecule has 78 valence electrons. The monoisotopic (exact) mass is 192 g/mol. The molecule has 0 heterocycles. The summed E-state index contributed by atoms with van der Waals surface area (Å²) in [4.78, 5) is 0. The first kappa shape index (κ1) is 12.7. The standard InChI is InChI=1S/C12H20N2/c1-5-11(10(4)13)8-9-12(6-2)14-7-3/h5-6,8-9,13-14H,7H2,1-4H3/b9-8-,11-5+,12-6-,13-10?. The van der Waals surface area contributed by atoms with Crippen LogP contribution in [-0.2, 0) is 0 Å². The fourth-order valence-electron chi connectivity index (χ4n) is 1.08. The highest BCUT2D eigenvalue weighted by Crippen LogP contribution is 2.01. The Morgan fingerprint density at radius 2 is 1.86 bits per heavy atom. The first-order chi connectivity index (χ1) is 6.65. The van der Waals surface area contributed by atoms with Crippen molar-refractivity contribution in [2.75, 3.05) is 6.54 Å². The molecule has 0 bridgehead atoms. The largest absolute Gasteiger partial charge is 0.386 e. The van der Waals surface area contributed by atoms with Crippen LogP contribution in [0.5, 0.6) is 0 Å². The lowest BCUT2D eigenvalue weighted by Gasteiger charge is -2.03. The third kappa shape index (κ3) is 4.65. The molecule has 0 aromatic heterocycles. The van der Waals surface area contributed by atoms with E-state index in [1.807, 2.05) is 38.2 Å². The van der Waals surface area contributed by atoms with Crippen molar-refractivity contribution in [1.82, 2.24) is 5.32 Å². The Morgan fingerprint density at radius 1 is 1.21 bits per heavy atom. The van der Waals surface area contributed by atoms with Gasteiger partial charge in [0.2, 0.25) is 0 Å². The summed E-state index contributed by atoms with van der Waals surface area (Å²) >= 11 is 0. The molecule has 2 heteroatoms. The Labute approximate surface area is 86.9 Å². The van der Waals surface area contributed by atoms with Crippen LogP contribution in [0.1, 0.15) is 27.7 Å². The van der Waals surface area contributed by atoms with Gasteiger partial charge in [0.15, 0.2) is 0 Å². The first-order valence-corrected chi connectivity index (χ1v) is 4.95. The second-order valence-corrected chi connectivity index (χ2v) is 2.98. The van der Waals surface area contributed by atoms with Gasteiger partial charge in [0.25, 0.3) is 0 Å². The molecule has 0 fully saturated rings. The second-order valence-electron chi connectivity index (χ2n) is 2.98. The number of hydrogen-bond acceptors (Lipinski definition) is 2. The average Bonchev–Trinajstić information content (AvgIpc) is 2.16. The molecule has 0 atom stereocenters. The summed E-state index contributed by atoms with van der Waals surface area (Å²) in [7, 11) is 0. The fourth-order valence-corrected chi connectivity index (χ4v) is 1.08. The van der Waals surface area contributed by atoms with Crippen LogP contribution in [-0.4, -0.2) is 12.3 Å². The molecule has 2 nitrogen and oxygen atoms in total. The predicted octanol–water partition coefficient (Wildman–Crippen LogP) is 3.04. The van der Waals surface area contributed by atoms with E-state index in [9.17, 15) is 0 Å². The number of allylic oxidation sites excluding steroid dienone is 5. The van der Waals surface area contributed by atoms with Crippen LogP contribution in [0, 0.1) is 5.41 Å². The molecular weight excluding hydrogens is 172 g/mol. The van der Waals surface area contributed by atoms with Gasteiger partial charge >= 0.3 is 0 Å². The van der Waals surface area contributed by atoms with Gasteiger partial charge in [0.05, 0.1) is 0 Å². The van der Waals surface area contributed by atoms with Gasteiger partial charge in [0, 0.05) is 18.0 Å². The van der Waals surface area contributed by atoms with E-state index in [0.29, 0.717) is 5.71 Å². The normalized spacial score (nSPS) is 13.4. The summed E-state index contributed by atoms with van der Waals surface area (Å²) in [6.07, 6.45) is 7.92. The van der Waals surface area contributed by atoms with Crippen molar-refractivity contribution in [1.29, 1.82) is 5.41 Å². The van der Waals surface area contributed by atoms with E-state index >= 15 is 0 Å². The van der Waals surface area contributed by atoms with Crippen molar-refractivity contribution in [3.05, 3.63) is 35.6 Å². The van der Waals surface area contributed by atoms with E-state index < -0.39 is 0 Å². The SMILES string of the molecule is C/C=C(/C=C\C(=C/C)C(C)=N)NCC. The molecule has 0 aromatic carbocycles. The zero-order chi connectivity index (χ0) is 11.0. The third-order valence-electron chi connectivity index (χ3n) is 1.88. The summed E-state index contributed by atoms with van der Waals surface area (Å²) in [6, 6.07) is 0. The van der Waals surface area contributed by atoms with Gasteiger partial charge in [-0.1, -0.05) is 18.2 Å². The predicted molar refractivity (Wildman–Crippen MR) is 63.7 cm³/mol.